The summed E-state index contributed by atoms with van der Waals surface area (Å²) in [4.78, 5) is 2.05. The fraction of sp³-hybridized carbons (Fsp3) is 0.167. The monoisotopic (exact) mass is 140 g/mol. The Kier molecular flexibility index (Phi) is 1.53. The zero-order valence-corrected chi connectivity index (χ0v) is 5.96. The maximum absolute atomic E-state index is 7.04. The van der Waals surface area contributed by atoms with Crippen molar-refractivity contribution in [2.75, 3.05) is 0 Å². The van der Waals surface area contributed by atoms with Crippen LogP contribution in [0.25, 0.3) is 0 Å². The highest BCUT2D eigenvalue weighted by molar-refractivity contribution is 7.13. The maximum Gasteiger partial charge on any atom is 0.133 e. The minimum Gasteiger partial charge on any atom is -0.383 e. The van der Waals surface area contributed by atoms with E-state index in [0.29, 0.717) is 0 Å². The van der Waals surface area contributed by atoms with Crippen LogP contribution in [0, 0.1) is 12.3 Å². The second kappa shape index (κ2) is 2.19. The molecule has 1 aromatic rings. The number of hydrogen-bond donors (Lipinski definition) is 2. The number of thiophene rings is 1. The third kappa shape index (κ3) is 1.29. The molecule has 3 heteroatoms. The number of amidine groups is 1. The van der Waals surface area contributed by atoms with Crippen molar-refractivity contribution >= 4 is 17.2 Å². The van der Waals surface area contributed by atoms with E-state index in [1.807, 2.05) is 19.1 Å². The molecule has 0 bridgehead atoms. The van der Waals surface area contributed by atoms with Crippen LogP contribution < -0.4 is 5.73 Å². The molecule has 0 aromatic carbocycles. The van der Waals surface area contributed by atoms with E-state index in [9.17, 15) is 0 Å². The van der Waals surface area contributed by atoms with Gasteiger partial charge >= 0.3 is 0 Å². The average Bonchev–Trinajstić information content (AvgIpc) is 2.14. The van der Waals surface area contributed by atoms with E-state index in [-0.39, 0.29) is 5.84 Å². The van der Waals surface area contributed by atoms with Gasteiger partial charge in [-0.1, -0.05) is 0 Å². The summed E-state index contributed by atoms with van der Waals surface area (Å²) in [6, 6.07) is 3.82. The van der Waals surface area contributed by atoms with Crippen LogP contribution in [0.15, 0.2) is 12.1 Å². The predicted octanol–water partition coefficient (Wildman–Crippen LogP) is 1.34. The lowest BCUT2D eigenvalue weighted by Crippen LogP contribution is -2.08. The lowest BCUT2D eigenvalue weighted by molar-refractivity contribution is 1.45. The third-order valence-electron chi connectivity index (χ3n) is 1.01. The molecule has 3 N–H and O–H groups in total. The number of nitrogen functional groups attached to an aromatic ring is 1. The molecule has 0 aliphatic heterocycles. The third-order valence-corrected chi connectivity index (χ3v) is 2.04. The van der Waals surface area contributed by atoms with Gasteiger partial charge < -0.3 is 5.73 Å². The molecule has 0 amide bonds. The van der Waals surface area contributed by atoms with Crippen LogP contribution in [-0.4, -0.2) is 5.84 Å². The quantitative estimate of drug-likeness (QED) is 0.449. The summed E-state index contributed by atoms with van der Waals surface area (Å²) in [5, 5.41) is 7.04. The van der Waals surface area contributed by atoms with Crippen molar-refractivity contribution in [2.45, 2.75) is 6.92 Å². The molecule has 0 saturated carbocycles. The largest absolute Gasteiger partial charge is 0.383 e. The summed E-state index contributed by atoms with van der Waals surface area (Å²) in [7, 11) is 0. The molecule has 9 heavy (non-hydrogen) atoms. The fourth-order valence-corrected chi connectivity index (χ4v) is 1.31. The number of nitrogens with one attached hydrogen (secondary N) is 1. The van der Waals surface area contributed by atoms with E-state index in [1.165, 1.54) is 4.88 Å². The van der Waals surface area contributed by atoms with Gasteiger partial charge in [0.1, 0.15) is 5.84 Å². The minimum atomic E-state index is 0.160. The second-order valence-corrected chi connectivity index (χ2v) is 3.11. The average molecular weight is 140 g/mol. The molecule has 1 aromatic heterocycles. The Morgan fingerprint density at radius 1 is 1.67 bits per heavy atom. The lowest BCUT2D eigenvalue weighted by atomic mass is 10.4. The number of hydrogen-bond acceptors (Lipinski definition) is 2. The SMILES string of the molecule is Cc1ccc(C(=N)N)s1. The maximum atomic E-state index is 7.04. The van der Waals surface area contributed by atoms with Gasteiger partial charge in [0.15, 0.2) is 0 Å². The van der Waals surface area contributed by atoms with Crippen LogP contribution in [0.4, 0.5) is 0 Å². The molecule has 2 nitrogen and oxygen atoms in total. The summed E-state index contributed by atoms with van der Waals surface area (Å²) < 4.78 is 0. The number of aryl methyl sites for hydroxylation is 1. The van der Waals surface area contributed by atoms with E-state index in [0.717, 1.165) is 4.88 Å². The summed E-state index contributed by atoms with van der Waals surface area (Å²) >= 11 is 1.55. The van der Waals surface area contributed by atoms with Gasteiger partial charge in [-0.3, -0.25) is 5.41 Å². The lowest BCUT2D eigenvalue weighted by Gasteiger charge is -1.86. The van der Waals surface area contributed by atoms with Crippen LogP contribution in [0.1, 0.15) is 9.75 Å². The van der Waals surface area contributed by atoms with Gasteiger partial charge in [0.05, 0.1) is 4.88 Å². The number of nitrogens with two attached hydrogens (primary N) is 1. The molecule has 1 rings (SSSR count). The van der Waals surface area contributed by atoms with Crippen LogP contribution in [0.3, 0.4) is 0 Å². The molecular weight excluding hydrogens is 132 g/mol. The van der Waals surface area contributed by atoms with Crippen LogP contribution in [0.2, 0.25) is 0 Å². The van der Waals surface area contributed by atoms with Crippen LogP contribution >= 0.6 is 11.3 Å². The summed E-state index contributed by atoms with van der Waals surface area (Å²) in [5.74, 6) is 0.160. The first-order valence-electron chi connectivity index (χ1n) is 2.61. The Balaban J connectivity index is 2.98. The van der Waals surface area contributed by atoms with E-state index >= 15 is 0 Å². The molecule has 0 spiro atoms. The van der Waals surface area contributed by atoms with Gasteiger partial charge in [0, 0.05) is 4.88 Å². The fourth-order valence-electron chi connectivity index (χ4n) is 0.579. The first kappa shape index (κ1) is 6.29. The van der Waals surface area contributed by atoms with Crippen molar-refractivity contribution in [3.8, 4) is 0 Å². The Morgan fingerprint density at radius 3 is 2.56 bits per heavy atom. The minimum absolute atomic E-state index is 0.160. The Morgan fingerprint density at radius 2 is 2.33 bits per heavy atom. The molecule has 48 valence electrons. The van der Waals surface area contributed by atoms with Gasteiger partial charge in [-0.25, -0.2) is 0 Å². The standard InChI is InChI=1S/C6H8N2S/c1-4-2-3-5(9-4)6(7)8/h2-3H,1H3,(H3,7,8). The van der Waals surface area contributed by atoms with Gasteiger partial charge in [-0.05, 0) is 19.1 Å². The summed E-state index contributed by atoms with van der Waals surface area (Å²) in [6.07, 6.45) is 0. The molecule has 0 atom stereocenters. The van der Waals surface area contributed by atoms with E-state index in [1.54, 1.807) is 11.3 Å². The molecule has 0 saturated heterocycles. The van der Waals surface area contributed by atoms with Crippen LogP contribution in [-0.2, 0) is 0 Å². The zero-order chi connectivity index (χ0) is 6.85. The zero-order valence-electron chi connectivity index (χ0n) is 5.14. The van der Waals surface area contributed by atoms with E-state index in [4.69, 9.17) is 11.1 Å². The number of rotatable bonds is 1. The van der Waals surface area contributed by atoms with E-state index in [2.05, 4.69) is 0 Å². The highest BCUT2D eigenvalue weighted by Gasteiger charge is 1.96. The van der Waals surface area contributed by atoms with Crippen molar-refractivity contribution in [1.82, 2.24) is 0 Å². The normalized spacial score (nSPS) is 9.44. The molecule has 0 radical (unpaired) electrons. The molecule has 0 aliphatic rings. The predicted molar refractivity (Wildman–Crippen MR) is 40.1 cm³/mol. The first-order valence-corrected chi connectivity index (χ1v) is 3.42. The summed E-state index contributed by atoms with van der Waals surface area (Å²) in [6.45, 7) is 2.00. The van der Waals surface area contributed by atoms with Gasteiger partial charge in [0.25, 0.3) is 0 Å². The van der Waals surface area contributed by atoms with E-state index < -0.39 is 0 Å². The Hall–Kier alpha value is -0.830. The Bertz CT molecular complexity index is 227. The molecular formula is C6H8N2S. The smallest absolute Gasteiger partial charge is 0.133 e. The van der Waals surface area contributed by atoms with Gasteiger partial charge in [0.2, 0.25) is 0 Å². The van der Waals surface area contributed by atoms with Gasteiger partial charge in [-0.15, -0.1) is 11.3 Å². The van der Waals surface area contributed by atoms with Crippen LogP contribution in [0.5, 0.6) is 0 Å². The molecule has 0 fully saturated rings. The van der Waals surface area contributed by atoms with Crippen molar-refractivity contribution in [3.63, 3.8) is 0 Å². The Labute approximate surface area is 57.8 Å². The molecule has 1 heterocycles. The van der Waals surface area contributed by atoms with Crippen molar-refractivity contribution in [1.29, 1.82) is 5.41 Å². The van der Waals surface area contributed by atoms with Crippen molar-refractivity contribution in [3.05, 3.63) is 21.9 Å². The molecule has 0 aliphatic carbocycles. The van der Waals surface area contributed by atoms with Crippen molar-refractivity contribution in [2.24, 2.45) is 5.73 Å². The highest BCUT2D eigenvalue weighted by Crippen LogP contribution is 2.13. The molecule has 0 unspecified atom stereocenters. The first-order chi connectivity index (χ1) is 4.20. The van der Waals surface area contributed by atoms with Gasteiger partial charge in [-0.2, -0.15) is 0 Å². The van der Waals surface area contributed by atoms with Crippen molar-refractivity contribution < 1.29 is 0 Å². The topological polar surface area (TPSA) is 49.9 Å². The summed E-state index contributed by atoms with van der Waals surface area (Å²) in [5.41, 5.74) is 5.22. The highest BCUT2D eigenvalue weighted by atomic mass is 32.1. The second-order valence-electron chi connectivity index (χ2n) is 1.82.